The van der Waals surface area contributed by atoms with E-state index in [2.05, 4.69) is 16.1 Å². The average molecular weight is 100 g/mol. The monoisotopic (exact) mass is 100 g/mol. The van der Waals surface area contributed by atoms with Crippen molar-refractivity contribution in [3.63, 3.8) is 0 Å². The fourth-order valence-electron chi connectivity index (χ4n) is 0.135. The van der Waals surface area contributed by atoms with Crippen molar-refractivity contribution in [2.75, 3.05) is 6.54 Å². The number of hydrogen-bond acceptors (Lipinski definition) is 4. The number of hydrogen-bond donors (Lipinski definition) is 2. The second-order valence-corrected chi connectivity index (χ2v) is 0.815. The molecule has 0 amide bonds. The van der Waals surface area contributed by atoms with Crippen molar-refractivity contribution in [2.24, 2.45) is 15.9 Å². The van der Waals surface area contributed by atoms with E-state index >= 15 is 0 Å². The van der Waals surface area contributed by atoms with Crippen LogP contribution < -0.4 is 11.4 Å². The molecule has 0 bridgehead atoms. The Bertz CT molecular complexity index is 72.9. The van der Waals surface area contributed by atoms with Crippen LogP contribution >= 0.6 is 0 Å². The smallest absolute Gasteiger partial charge is 0.116 e. The molecular weight excluding hydrogens is 92.1 g/mol. The van der Waals surface area contributed by atoms with Gasteiger partial charge in [0, 0.05) is 6.54 Å². The Morgan fingerprint density at radius 3 is 3.00 bits per heavy atom. The molecule has 0 saturated heterocycles. The van der Waals surface area contributed by atoms with Gasteiger partial charge in [0.2, 0.25) is 0 Å². The summed E-state index contributed by atoms with van der Waals surface area (Å²) >= 11 is 0. The molecule has 0 aromatic heterocycles. The van der Waals surface area contributed by atoms with Crippen molar-refractivity contribution in [3.05, 3.63) is 0 Å². The van der Waals surface area contributed by atoms with Gasteiger partial charge in [-0.2, -0.15) is 0 Å². The summed E-state index contributed by atoms with van der Waals surface area (Å²) in [6.45, 7) is 2.57. The Balaban J connectivity index is 3.21. The summed E-state index contributed by atoms with van der Waals surface area (Å²) in [5.74, 6) is 4.73. The largest absolute Gasteiger partial charge is 0.236 e. The second kappa shape index (κ2) is 5.14. The Morgan fingerprint density at radius 2 is 2.57 bits per heavy atom. The zero-order chi connectivity index (χ0) is 5.54. The number of hydrazone groups is 1. The number of nitrogens with zero attached hydrogens (tertiary/aromatic N) is 2. The fraction of sp³-hybridized carbons (Fsp3) is 0.667. The Morgan fingerprint density at radius 1 is 1.86 bits per heavy atom. The third kappa shape index (κ3) is 5.14. The van der Waals surface area contributed by atoms with Crippen LogP contribution in [0.5, 0.6) is 0 Å². The maximum atomic E-state index is 4.73. The molecule has 0 heterocycles. The number of aliphatic imine (C=N–C) groups is 1. The van der Waals surface area contributed by atoms with Crippen molar-refractivity contribution in [1.82, 2.24) is 5.53 Å². The lowest BCUT2D eigenvalue weighted by atomic mass is 10.8. The van der Waals surface area contributed by atoms with Crippen molar-refractivity contribution in [1.29, 1.82) is 0 Å². The van der Waals surface area contributed by atoms with Crippen LogP contribution in [-0.2, 0) is 0 Å². The van der Waals surface area contributed by atoms with Gasteiger partial charge in [0.05, 0.1) is 0 Å². The summed E-state index contributed by atoms with van der Waals surface area (Å²) in [5.41, 5.74) is 2.02. The van der Waals surface area contributed by atoms with Crippen molar-refractivity contribution < 1.29 is 0 Å². The minimum atomic E-state index is 0.686. The van der Waals surface area contributed by atoms with Crippen molar-refractivity contribution in [3.8, 4) is 0 Å². The van der Waals surface area contributed by atoms with Gasteiger partial charge in [-0.15, -0.1) is 0 Å². The lowest BCUT2D eigenvalue weighted by Crippen LogP contribution is -2.12. The van der Waals surface area contributed by atoms with Gasteiger partial charge in [-0.25, -0.2) is 16.4 Å². The van der Waals surface area contributed by atoms with E-state index in [1.807, 2.05) is 12.5 Å². The Labute approximate surface area is 42.1 Å². The molecule has 0 aromatic carbocycles. The molecule has 0 aromatic rings. The predicted molar refractivity (Wildman–Crippen MR) is 27.7 cm³/mol. The van der Waals surface area contributed by atoms with Gasteiger partial charge in [-0.3, -0.25) is 0 Å². The van der Waals surface area contributed by atoms with Gasteiger partial charge >= 0.3 is 0 Å². The molecule has 0 atom stereocenters. The molecule has 0 rings (SSSR count). The van der Waals surface area contributed by atoms with E-state index in [1.54, 1.807) is 0 Å². The van der Waals surface area contributed by atoms with Crippen LogP contribution in [0, 0.1) is 0 Å². The van der Waals surface area contributed by atoms with Crippen LogP contribution in [0.1, 0.15) is 6.92 Å². The van der Waals surface area contributed by atoms with Crippen LogP contribution in [-0.4, -0.2) is 12.6 Å². The van der Waals surface area contributed by atoms with Gasteiger partial charge in [-0.05, 0) is 6.92 Å². The van der Waals surface area contributed by atoms with E-state index < -0.39 is 0 Å². The highest BCUT2D eigenvalue weighted by Gasteiger charge is 1.55. The average Bonchev–Trinajstić information content (AvgIpc) is 1.69. The molecule has 0 fully saturated rings. The molecule has 0 saturated carbocycles. The second-order valence-electron chi connectivity index (χ2n) is 0.815. The van der Waals surface area contributed by atoms with Gasteiger partial charge in [0.1, 0.15) is 6.01 Å². The lowest BCUT2D eigenvalue weighted by molar-refractivity contribution is 0.810. The van der Waals surface area contributed by atoms with E-state index in [0.29, 0.717) is 6.54 Å². The summed E-state index contributed by atoms with van der Waals surface area (Å²) in [5, 5.41) is 3.27. The molecular formula is C3H8N4. The van der Waals surface area contributed by atoms with E-state index in [-0.39, 0.29) is 0 Å². The molecule has 0 aliphatic heterocycles. The Hall–Kier alpha value is -0.860. The van der Waals surface area contributed by atoms with Gasteiger partial charge in [0.15, 0.2) is 0 Å². The third-order valence-electron chi connectivity index (χ3n) is 0.343. The first-order chi connectivity index (χ1) is 3.41. The standard InChI is InChI=1S/C3H8N4/c1-2-5-3-6-7-4/h7H,2,4H2,1H3. The van der Waals surface area contributed by atoms with Crippen LogP contribution in [0.4, 0.5) is 0 Å². The molecule has 4 heteroatoms. The molecule has 0 radical (unpaired) electrons. The lowest BCUT2D eigenvalue weighted by Gasteiger charge is -1.74. The van der Waals surface area contributed by atoms with Crippen LogP contribution in [0.15, 0.2) is 10.1 Å². The number of hydrazine groups is 1. The Kier molecular flexibility index (Phi) is 4.51. The first kappa shape index (κ1) is 6.14. The number of rotatable bonds is 2. The quantitative estimate of drug-likeness (QED) is 0.280. The van der Waals surface area contributed by atoms with E-state index in [9.17, 15) is 0 Å². The number of nitrogens with one attached hydrogen (secondary N) is 1. The zero-order valence-corrected chi connectivity index (χ0v) is 4.18. The summed E-state index contributed by atoms with van der Waals surface area (Å²) < 4.78 is 0. The van der Waals surface area contributed by atoms with Crippen LogP contribution in [0.2, 0.25) is 0 Å². The summed E-state index contributed by atoms with van der Waals surface area (Å²) in [6.07, 6.45) is 0. The minimum Gasteiger partial charge on any atom is -0.236 e. The van der Waals surface area contributed by atoms with Gasteiger partial charge in [0.25, 0.3) is 0 Å². The maximum absolute atomic E-state index is 4.73. The normalized spacial score (nSPS) is 6.57. The van der Waals surface area contributed by atoms with Gasteiger partial charge in [-0.1, -0.05) is 5.10 Å². The number of nitrogens with two attached hydrogens (primary N) is 1. The van der Waals surface area contributed by atoms with Crippen molar-refractivity contribution >= 4 is 6.01 Å². The SMILES string of the molecule is CCN=C=NNN. The summed E-state index contributed by atoms with van der Waals surface area (Å²) in [4.78, 5) is 3.60. The molecule has 0 unspecified atom stereocenters. The van der Waals surface area contributed by atoms with E-state index in [1.165, 1.54) is 0 Å². The fourth-order valence-corrected chi connectivity index (χ4v) is 0.135. The highest BCUT2D eigenvalue weighted by Crippen LogP contribution is 1.55. The zero-order valence-electron chi connectivity index (χ0n) is 4.18. The molecule has 40 valence electrons. The summed E-state index contributed by atoms with van der Waals surface area (Å²) in [7, 11) is 0. The first-order valence-corrected chi connectivity index (χ1v) is 1.98. The highest BCUT2D eigenvalue weighted by molar-refractivity contribution is 5.40. The minimum absolute atomic E-state index is 0.686. The molecule has 0 spiro atoms. The molecule has 0 aliphatic rings. The van der Waals surface area contributed by atoms with E-state index in [4.69, 9.17) is 5.84 Å². The highest BCUT2D eigenvalue weighted by atomic mass is 15.5. The molecule has 3 N–H and O–H groups in total. The molecule has 4 nitrogen and oxygen atoms in total. The van der Waals surface area contributed by atoms with E-state index in [0.717, 1.165) is 0 Å². The first-order valence-electron chi connectivity index (χ1n) is 1.98. The van der Waals surface area contributed by atoms with Gasteiger partial charge < -0.3 is 0 Å². The maximum Gasteiger partial charge on any atom is 0.116 e. The van der Waals surface area contributed by atoms with Crippen molar-refractivity contribution in [2.45, 2.75) is 6.92 Å². The summed E-state index contributed by atoms with van der Waals surface area (Å²) in [6, 6.07) is 2.30. The molecule has 7 heavy (non-hydrogen) atoms. The van der Waals surface area contributed by atoms with Crippen LogP contribution in [0.25, 0.3) is 0 Å². The predicted octanol–water partition coefficient (Wildman–Crippen LogP) is -0.441. The molecule has 0 aliphatic carbocycles. The third-order valence-corrected chi connectivity index (χ3v) is 0.343. The topological polar surface area (TPSA) is 62.8 Å². The van der Waals surface area contributed by atoms with Crippen LogP contribution in [0.3, 0.4) is 0 Å².